The molecule has 27 heavy (non-hydrogen) atoms. The van der Waals surface area contributed by atoms with Gasteiger partial charge in [0.05, 0.1) is 18.7 Å². The molecular weight excluding hydrogens is 366 g/mol. The topological polar surface area (TPSA) is 64.6 Å². The average molecular weight is 390 g/mol. The summed E-state index contributed by atoms with van der Waals surface area (Å²) in [7, 11) is 1.50. The predicted molar refractivity (Wildman–Crippen MR) is 107 cm³/mol. The van der Waals surface area contributed by atoms with Gasteiger partial charge in [-0.05, 0) is 48.7 Å². The van der Waals surface area contributed by atoms with Gasteiger partial charge < -0.3 is 14.8 Å². The lowest BCUT2D eigenvalue weighted by molar-refractivity contribution is 0.101. The maximum Gasteiger partial charge on any atom is 0.255 e. The van der Waals surface area contributed by atoms with Crippen molar-refractivity contribution in [1.82, 2.24) is 0 Å². The van der Waals surface area contributed by atoms with Crippen LogP contribution in [0.2, 0.25) is 5.02 Å². The van der Waals surface area contributed by atoms with E-state index < -0.39 is 0 Å². The van der Waals surface area contributed by atoms with Gasteiger partial charge >= 0.3 is 0 Å². The molecule has 0 unspecified atom stereocenters. The van der Waals surface area contributed by atoms with Crippen LogP contribution in [0.4, 0.5) is 5.69 Å². The highest BCUT2D eigenvalue weighted by Crippen LogP contribution is 2.37. The summed E-state index contributed by atoms with van der Waals surface area (Å²) < 4.78 is 11.1. The number of benzene rings is 2. The Hall–Kier alpha value is -2.53. The Bertz CT molecular complexity index is 838. The van der Waals surface area contributed by atoms with Crippen LogP contribution in [-0.4, -0.2) is 25.4 Å². The molecule has 144 valence electrons. The van der Waals surface area contributed by atoms with Crippen molar-refractivity contribution in [2.75, 3.05) is 19.0 Å². The first-order valence-corrected chi connectivity index (χ1v) is 8.91. The Morgan fingerprint density at radius 3 is 2.22 bits per heavy atom. The van der Waals surface area contributed by atoms with Crippen LogP contribution in [0.1, 0.15) is 48.4 Å². The van der Waals surface area contributed by atoms with Crippen LogP contribution >= 0.6 is 11.6 Å². The van der Waals surface area contributed by atoms with Gasteiger partial charge in [-0.3, -0.25) is 9.59 Å². The minimum Gasteiger partial charge on any atom is -0.491 e. The molecule has 2 aromatic carbocycles. The van der Waals surface area contributed by atoms with Gasteiger partial charge in [-0.15, -0.1) is 0 Å². The lowest BCUT2D eigenvalue weighted by Crippen LogP contribution is -2.18. The number of ketones is 1. The van der Waals surface area contributed by atoms with Gasteiger partial charge in [-0.25, -0.2) is 0 Å². The Kier molecular flexibility index (Phi) is 6.50. The van der Waals surface area contributed by atoms with E-state index in [1.807, 2.05) is 20.8 Å². The van der Waals surface area contributed by atoms with E-state index in [0.29, 0.717) is 39.9 Å². The Morgan fingerprint density at radius 1 is 1.07 bits per heavy atom. The van der Waals surface area contributed by atoms with Crippen molar-refractivity contribution in [2.24, 2.45) is 5.41 Å². The number of hydrogen-bond donors (Lipinski definition) is 1. The molecule has 0 saturated carbocycles. The van der Waals surface area contributed by atoms with Crippen LogP contribution in [0.25, 0.3) is 0 Å². The Balaban J connectivity index is 2.24. The molecule has 0 saturated heterocycles. The molecule has 2 aromatic rings. The van der Waals surface area contributed by atoms with Gasteiger partial charge in [-0.1, -0.05) is 32.4 Å². The number of methoxy groups -OCH3 is 1. The summed E-state index contributed by atoms with van der Waals surface area (Å²) in [4.78, 5) is 23.9. The monoisotopic (exact) mass is 389 g/mol. The third kappa shape index (κ3) is 5.73. The molecule has 0 aliphatic heterocycles. The largest absolute Gasteiger partial charge is 0.491 e. The van der Waals surface area contributed by atoms with Gasteiger partial charge in [0.1, 0.15) is 0 Å². The zero-order valence-corrected chi connectivity index (χ0v) is 16.9. The molecule has 0 spiro atoms. The van der Waals surface area contributed by atoms with Crippen LogP contribution < -0.4 is 14.8 Å². The smallest absolute Gasteiger partial charge is 0.255 e. The molecule has 1 N–H and O–H groups in total. The number of carbonyl (C=O) groups is 2. The second-order valence-corrected chi connectivity index (χ2v) is 7.83. The molecule has 0 aliphatic rings. The molecule has 0 atom stereocenters. The highest BCUT2D eigenvalue weighted by Gasteiger charge is 2.18. The summed E-state index contributed by atoms with van der Waals surface area (Å²) >= 11 is 6.26. The number of ether oxygens (including phenoxy) is 2. The number of nitrogens with one attached hydrogen (secondary N) is 1. The second-order valence-electron chi connectivity index (χ2n) is 7.43. The average Bonchev–Trinajstić information content (AvgIpc) is 2.59. The highest BCUT2D eigenvalue weighted by molar-refractivity contribution is 6.32. The van der Waals surface area contributed by atoms with Gasteiger partial charge in [0.2, 0.25) is 0 Å². The van der Waals surface area contributed by atoms with Crippen molar-refractivity contribution in [3.05, 3.63) is 52.5 Å². The number of halogens is 1. The highest BCUT2D eigenvalue weighted by atomic mass is 35.5. The SMILES string of the molecule is COc1c(Cl)cc(C(=O)Nc2ccc(C(C)=O)cc2)cc1OCC(C)(C)C. The zero-order valence-electron chi connectivity index (χ0n) is 16.2. The third-order valence-electron chi connectivity index (χ3n) is 3.69. The van der Waals surface area contributed by atoms with Crippen LogP contribution in [0.5, 0.6) is 11.5 Å². The summed E-state index contributed by atoms with van der Waals surface area (Å²) in [5.41, 5.74) is 1.45. The van der Waals surface area contributed by atoms with Crippen molar-refractivity contribution in [3.63, 3.8) is 0 Å². The van der Waals surface area contributed by atoms with E-state index >= 15 is 0 Å². The predicted octanol–water partition coefficient (Wildman–Crippen LogP) is 5.23. The Labute approximate surface area is 164 Å². The van der Waals surface area contributed by atoms with Gasteiger partial charge in [0.15, 0.2) is 17.3 Å². The molecule has 2 rings (SSSR count). The molecule has 0 aliphatic carbocycles. The van der Waals surface area contributed by atoms with E-state index in [1.54, 1.807) is 30.3 Å². The summed E-state index contributed by atoms with van der Waals surface area (Å²) in [6, 6.07) is 9.82. The molecule has 0 radical (unpaired) electrons. The van der Waals surface area contributed by atoms with Crippen LogP contribution in [0.3, 0.4) is 0 Å². The summed E-state index contributed by atoms with van der Waals surface area (Å²) in [5, 5.41) is 3.08. The van der Waals surface area contributed by atoms with Crippen LogP contribution in [0.15, 0.2) is 36.4 Å². The molecular formula is C21H24ClNO4. The van der Waals surface area contributed by atoms with Gasteiger partial charge in [-0.2, -0.15) is 0 Å². The molecule has 0 fully saturated rings. The second kappa shape index (κ2) is 8.44. The van der Waals surface area contributed by atoms with Gasteiger partial charge in [0.25, 0.3) is 5.91 Å². The fourth-order valence-electron chi connectivity index (χ4n) is 2.29. The Morgan fingerprint density at radius 2 is 1.70 bits per heavy atom. The molecule has 1 amide bonds. The van der Waals surface area contributed by atoms with E-state index in [2.05, 4.69) is 5.32 Å². The van der Waals surface area contributed by atoms with Crippen LogP contribution in [-0.2, 0) is 0 Å². The number of hydrogen-bond acceptors (Lipinski definition) is 4. The van der Waals surface area contributed by atoms with Crippen molar-refractivity contribution >= 4 is 29.0 Å². The number of Topliss-reactive ketones (excluding diaryl/α,β-unsaturated/α-hetero) is 1. The van der Waals surface area contributed by atoms with Crippen molar-refractivity contribution in [3.8, 4) is 11.5 Å². The first kappa shape index (κ1) is 20.8. The first-order chi connectivity index (χ1) is 12.6. The summed E-state index contributed by atoms with van der Waals surface area (Å²) in [6.45, 7) is 8.07. The molecule has 0 aromatic heterocycles. The minimum absolute atomic E-state index is 0.0320. The zero-order chi connectivity index (χ0) is 20.2. The quantitative estimate of drug-likeness (QED) is 0.687. The fraction of sp³-hybridized carbons (Fsp3) is 0.333. The maximum absolute atomic E-state index is 12.6. The number of amides is 1. The fourth-order valence-corrected chi connectivity index (χ4v) is 2.58. The number of carbonyl (C=O) groups excluding carboxylic acids is 2. The molecule has 6 heteroatoms. The van der Waals surface area contributed by atoms with E-state index in [4.69, 9.17) is 21.1 Å². The first-order valence-electron chi connectivity index (χ1n) is 8.53. The third-order valence-corrected chi connectivity index (χ3v) is 3.97. The minimum atomic E-state index is -0.337. The van der Waals surface area contributed by atoms with Crippen molar-refractivity contribution < 1.29 is 19.1 Å². The van der Waals surface area contributed by atoms with E-state index in [1.165, 1.54) is 20.1 Å². The van der Waals surface area contributed by atoms with Crippen molar-refractivity contribution in [1.29, 1.82) is 0 Å². The summed E-state index contributed by atoms with van der Waals surface area (Å²) in [5.74, 6) is 0.437. The normalized spacial score (nSPS) is 11.0. The van der Waals surface area contributed by atoms with Gasteiger partial charge in [0, 0.05) is 16.8 Å². The van der Waals surface area contributed by atoms with Crippen molar-refractivity contribution in [2.45, 2.75) is 27.7 Å². The van der Waals surface area contributed by atoms with Crippen LogP contribution in [0, 0.1) is 5.41 Å². The molecule has 0 bridgehead atoms. The molecule has 5 nitrogen and oxygen atoms in total. The number of anilines is 1. The molecule has 0 heterocycles. The number of rotatable bonds is 6. The lowest BCUT2D eigenvalue weighted by Gasteiger charge is -2.21. The van der Waals surface area contributed by atoms with E-state index in [-0.39, 0.29) is 17.1 Å². The van der Waals surface area contributed by atoms with E-state index in [0.717, 1.165) is 0 Å². The lowest BCUT2D eigenvalue weighted by atomic mass is 9.99. The summed E-state index contributed by atoms with van der Waals surface area (Å²) in [6.07, 6.45) is 0. The van der Waals surface area contributed by atoms with E-state index in [9.17, 15) is 9.59 Å². The standard InChI is InChI=1S/C21H24ClNO4/c1-13(24)14-6-8-16(9-7-14)23-20(25)15-10-17(22)19(26-5)18(11-15)27-12-21(2,3)4/h6-11H,12H2,1-5H3,(H,23,25). The maximum atomic E-state index is 12.6.